The van der Waals surface area contributed by atoms with Crippen molar-refractivity contribution in [2.24, 2.45) is 0 Å². The zero-order chi connectivity index (χ0) is 12.5. The van der Waals surface area contributed by atoms with Crippen molar-refractivity contribution in [2.45, 2.75) is 31.9 Å². The molecule has 102 valence electrons. The number of hydrogen-bond acceptors (Lipinski definition) is 3. The maximum atomic E-state index is 12.6. The van der Waals surface area contributed by atoms with Crippen LogP contribution in [0.1, 0.15) is 36.0 Å². The molecule has 1 aliphatic rings. The van der Waals surface area contributed by atoms with Gasteiger partial charge in [0.05, 0.1) is 0 Å². The van der Waals surface area contributed by atoms with Crippen molar-refractivity contribution in [2.75, 3.05) is 13.1 Å². The predicted octanol–water partition coefficient (Wildman–Crippen LogP) is 2.69. The van der Waals surface area contributed by atoms with Crippen molar-refractivity contribution >= 4 is 12.4 Å². The molecule has 0 amide bonds. The maximum absolute atomic E-state index is 12.6. The smallest absolute Gasteiger partial charge is 0.316 e. The Balaban J connectivity index is 0.00000162. The molecule has 1 N–H and O–H groups in total. The van der Waals surface area contributed by atoms with E-state index in [0.29, 0.717) is 12.2 Å². The molecule has 1 unspecified atom stereocenters. The van der Waals surface area contributed by atoms with Crippen molar-refractivity contribution in [1.29, 1.82) is 0 Å². The molecule has 18 heavy (non-hydrogen) atoms. The summed E-state index contributed by atoms with van der Waals surface area (Å²) < 4.78 is 37.8. The number of rotatable bonds is 1. The minimum atomic E-state index is -4.40. The van der Waals surface area contributed by atoms with E-state index >= 15 is 0 Å². The van der Waals surface area contributed by atoms with Crippen molar-refractivity contribution in [3.05, 3.63) is 23.3 Å². The Labute approximate surface area is 110 Å². The van der Waals surface area contributed by atoms with Crippen LogP contribution in [0.15, 0.2) is 6.07 Å². The standard InChI is InChI=1S/C11H14F3N3.ClH/c1-7-16-9(8-3-2-4-15-6-8)5-10(17-7)11(12,13)14;/h5,8,15H,2-4,6H2,1H3;1H. The van der Waals surface area contributed by atoms with Crippen LogP contribution in [0.3, 0.4) is 0 Å². The van der Waals surface area contributed by atoms with E-state index in [1.165, 1.54) is 6.92 Å². The fourth-order valence-corrected chi connectivity index (χ4v) is 2.05. The largest absolute Gasteiger partial charge is 0.433 e. The van der Waals surface area contributed by atoms with Gasteiger partial charge in [0.15, 0.2) is 0 Å². The molecule has 7 heteroatoms. The first kappa shape index (κ1) is 15.2. The summed E-state index contributed by atoms with van der Waals surface area (Å²) in [6, 6.07) is 1.07. The molecule has 2 heterocycles. The SMILES string of the molecule is Cc1nc(C2CCCNC2)cc(C(F)(F)F)n1.Cl. The van der Waals surface area contributed by atoms with E-state index in [1.807, 2.05) is 0 Å². The first-order valence-electron chi connectivity index (χ1n) is 5.60. The Morgan fingerprint density at radius 1 is 1.33 bits per heavy atom. The molecule has 1 saturated heterocycles. The van der Waals surface area contributed by atoms with Gasteiger partial charge in [-0.15, -0.1) is 12.4 Å². The molecular weight excluding hydrogens is 267 g/mol. The summed E-state index contributed by atoms with van der Waals surface area (Å²) in [5.74, 6) is 0.243. The highest BCUT2D eigenvalue weighted by atomic mass is 35.5. The molecule has 1 atom stereocenters. The summed E-state index contributed by atoms with van der Waals surface area (Å²) in [7, 11) is 0. The lowest BCUT2D eigenvalue weighted by molar-refractivity contribution is -0.141. The molecule has 0 bridgehead atoms. The number of aryl methyl sites for hydroxylation is 1. The molecule has 1 fully saturated rings. The zero-order valence-corrected chi connectivity index (χ0v) is 10.7. The summed E-state index contributed by atoms with van der Waals surface area (Å²) >= 11 is 0. The van der Waals surface area contributed by atoms with E-state index in [9.17, 15) is 13.2 Å². The lowest BCUT2D eigenvalue weighted by Crippen LogP contribution is -2.29. The number of nitrogens with one attached hydrogen (secondary N) is 1. The fraction of sp³-hybridized carbons (Fsp3) is 0.636. The number of aromatic nitrogens is 2. The number of hydrogen-bond donors (Lipinski definition) is 1. The average molecular weight is 282 g/mol. The van der Waals surface area contributed by atoms with Crippen molar-refractivity contribution in [3.8, 4) is 0 Å². The molecule has 3 nitrogen and oxygen atoms in total. The molecule has 0 aromatic carbocycles. The van der Waals surface area contributed by atoms with E-state index in [2.05, 4.69) is 15.3 Å². The summed E-state index contributed by atoms with van der Waals surface area (Å²) in [4.78, 5) is 7.56. The van der Waals surface area contributed by atoms with Gasteiger partial charge in [-0.3, -0.25) is 0 Å². The van der Waals surface area contributed by atoms with Gasteiger partial charge in [0.25, 0.3) is 0 Å². The van der Waals surface area contributed by atoms with E-state index in [4.69, 9.17) is 0 Å². The molecule has 2 rings (SSSR count). The minimum Gasteiger partial charge on any atom is -0.316 e. The van der Waals surface area contributed by atoms with Crippen molar-refractivity contribution in [3.63, 3.8) is 0 Å². The third-order valence-electron chi connectivity index (χ3n) is 2.86. The Morgan fingerprint density at radius 3 is 2.61 bits per heavy atom. The monoisotopic (exact) mass is 281 g/mol. The molecule has 1 aliphatic heterocycles. The third-order valence-corrected chi connectivity index (χ3v) is 2.86. The van der Waals surface area contributed by atoms with Gasteiger partial charge in [0, 0.05) is 18.2 Å². The lowest BCUT2D eigenvalue weighted by Gasteiger charge is -2.23. The van der Waals surface area contributed by atoms with Crippen LogP contribution in [-0.2, 0) is 6.18 Å². The first-order valence-corrected chi connectivity index (χ1v) is 5.60. The number of halogens is 4. The topological polar surface area (TPSA) is 37.8 Å². The normalized spacial score (nSPS) is 20.3. The summed E-state index contributed by atoms with van der Waals surface area (Å²) in [6.07, 6.45) is -2.56. The van der Waals surface area contributed by atoms with Gasteiger partial charge in [-0.25, -0.2) is 9.97 Å². The highest BCUT2D eigenvalue weighted by Crippen LogP contribution is 2.30. The van der Waals surface area contributed by atoms with Gasteiger partial charge in [-0.05, 0) is 32.4 Å². The van der Waals surface area contributed by atoms with Crippen LogP contribution >= 0.6 is 12.4 Å². The molecule has 1 aromatic rings. The van der Waals surface area contributed by atoms with Crippen molar-refractivity contribution in [1.82, 2.24) is 15.3 Å². The van der Waals surface area contributed by atoms with Crippen LogP contribution in [-0.4, -0.2) is 23.1 Å². The predicted molar refractivity (Wildman–Crippen MR) is 63.9 cm³/mol. The van der Waals surface area contributed by atoms with E-state index in [1.54, 1.807) is 0 Å². The second-order valence-electron chi connectivity index (χ2n) is 4.27. The summed E-state index contributed by atoms with van der Waals surface area (Å²) in [5.41, 5.74) is -0.345. The van der Waals surface area contributed by atoms with Gasteiger partial charge in [0.2, 0.25) is 0 Å². The van der Waals surface area contributed by atoms with Gasteiger partial charge in [0.1, 0.15) is 11.5 Å². The zero-order valence-electron chi connectivity index (χ0n) is 9.92. The van der Waals surface area contributed by atoms with Crippen molar-refractivity contribution < 1.29 is 13.2 Å². The molecule has 0 aliphatic carbocycles. The third kappa shape index (κ3) is 3.55. The van der Waals surface area contributed by atoms with E-state index in [0.717, 1.165) is 25.5 Å². The van der Waals surface area contributed by atoms with Crippen LogP contribution in [0.2, 0.25) is 0 Å². The molecule has 0 spiro atoms. The first-order chi connectivity index (χ1) is 7.97. The molecule has 0 saturated carbocycles. The highest BCUT2D eigenvalue weighted by Gasteiger charge is 2.34. The Morgan fingerprint density at radius 2 is 2.06 bits per heavy atom. The highest BCUT2D eigenvalue weighted by molar-refractivity contribution is 5.85. The Kier molecular flexibility index (Phi) is 4.92. The maximum Gasteiger partial charge on any atom is 0.433 e. The molecular formula is C11H15ClF3N3. The second-order valence-corrected chi connectivity index (χ2v) is 4.27. The van der Waals surface area contributed by atoms with Gasteiger partial charge in [-0.2, -0.15) is 13.2 Å². The van der Waals surface area contributed by atoms with E-state index < -0.39 is 11.9 Å². The molecule has 0 radical (unpaired) electrons. The number of piperidine rings is 1. The Hall–Kier alpha value is -0.880. The molecule has 1 aromatic heterocycles. The van der Waals surface area contributed by atoms with Crippen LogP contribution in [0, 0.1) is 6.92 Å². The van der Waals surface area contributed by atoms with E-state index in [-0.39, 0.29) is 24.1 Å². The average Bonchev–Trinajstić information content (AvgIpc) is 2.28. The van der Waals surface area contributed by atoms with Gasteiger partial charge < -0.3 is 5.32 Å². The number of nitrogens with zero attached hydrogens (tertiary/aromatic N) is 2. The van der Waals surface area contributed by atoms with Gasteiger partial charge in [-0.1, -0.05) is 0 Å². The van der Waals surface area contributed by atoms with Crippen LogP contribution in [0.5, 0.6) is 0 Å². The van der Waals surface area contributed by atoms with Crippen LogP contribution in [0.25, 0.3) is 0 Å². The van der Waals surface area contributed by atoms with Crippen LogP contribution < -0.4 is 5.32 Å². The lowest BCUT2D eigenvalue weighted by atomic mass is 9.95. The fourth-order valence-electron chi connectivity index (χ4n) is 2.05. The summed E-state index contributed by atoms with van der Waals surface area (Å²) in [6.45, 7) is 3.11. The summed E-state index contributed by atoms with van der Waals surface area (Å²) in [5, 5.41) is 3.17. The van der Waals surface area contributed by atoms with Gasteiger partial charge >= 0.3 is 6.18 Å². The number of alkyl halides is 3. The Bertz CT molecular complexity index is 403. The quantitative estimate of drug-likeness (QED) is 0.860. The second kappa shape index (κ2) is 5.84. The minimum absolute atomic E-state index is 0. The van der Waals surface area contributed by atoms with Crippen LogP contribution in [0.4, 0.5) is 13.2 Å².